The molecular formula is C8H13NS. The van der Waals surface area contributed by atoms with Gasteiger partial charge in [0, 0.05) is 6.04 Å². The normalized spacial score (nSPS) is 13.0. The smallest absolute Gasteiger partial charge is 0.0884 e. The van der Waals surface area contributed by atoms with Crippen LogP contribution in [0.3, 0.4) is 0 Å². The Kier molecular flexibility index (Phi) is 2.75. The lowest BCUT2D eigenvalue weighted by atomic mass is 10.3. The van der Waals surface area contributed by atoms with Crippen molar-refractivity contribution in [2.75, 3.05) is 5.32 Å². The van der Waals surface area contributed by atoms with Crippen LogP contribution in [-0.2, 0) is 0 Å². The number of hydrogen-bond donors (Lipinski definition) is 1. The maximum atomic E-state index is 3.39. The van der Waals surface area contributed by atoms with E-state index in [2.05, 4.69) is 36.7 Å². The number of nitrogens with one attached hydrogen (secondary N) is 1. The van der Waals surface area contributed by atoms with Crippen LogP contribution in [0, 0.1) is 0 Å². The number of rotatable bonds is 3. The summed E-state index contributed by atoms with van der Waals surface area (Å²) in [6.07, 6.45) is 1.18. The van der Waals surface area contributed by atoms with Crippen LogP contribution in [0.5, 0.6) is 0 Å². The van der Waals surface area contributed by atoms with Gasteiger partial charge in [0.25, 0.3) is 0 Å². The van der Waals surface area contributed by atoms with E-state index in [0.29, 0.717) is 6.04 Å². The predicted octanol–water partition coefficient (Wildman–Crippen LogP) is 2.96. The van der Waals surface area contributed by atoms with E-state index >= 15 is 0 Å². The summed E-state index contributed by atoms with van der Waals surface area (Å²) in [7, 11) is 0. The summed E-state index contributed by atoms with van der Waals surface area (Å²) in [5, 5.41) is 6.75. The lowest BCUT2D eigenvalue weighted by Gasteiger charge is -2.09. The summed E-state index contributed by atoms with van der Waals surface area (Å²) in [6.45, 7) is 4.38. The number of hydrogen-bond acceptors (Lipinski definition) is 2. The van der Waals surface area contributed by atoms with Crippen LogP contribution >= 0.6 is 11.3 Å². The van der Waals surface area contributed by atoms with Crippen molar-refractivity contribution in [3.8, 4) is 0 Å². The molecule has 0 aliphatic carbocycles. The number of anilines is 1. The Balaban J connectivity index is 2.40. The summed E-state index contributed by atoms with van der Waals surface area (Å²) in [5.41, 5.74) is 0. The van der Waals surface area contributed by atoms with E-state index < -0.39 is 0 Å². The largest absolute Gasteiger partial charge is 0.374 e. The molecule has 0 amide bonds. The van der Waals surface area contributed by atoms with E-state index in [4.69, 9.17) is 0 Å². The van der Waals surface area contributed by atoms with Crippen LogP contribution in [-0.4, -0.2) is 6.04 Å². The second-order valence-electron chi connectivity index (χ2n) is 2.43. The van der Waals surface area contributed by atoms with Crippen molar-refractivity contribution in [2.45, 2.75) is 26.3 Å². The SMILES string of the molecule is CC[C@@H](C)Nc1cccs1. The first-order chi connectivity index (χ1) is 4.83. The Morgan fingerprint density at radius 1 is 1.70 bits per heavy atom. The maximum Gasteiger partial charge on any atom is 0.0884 e. The Morgan fingerprint density at radius 2 is 2.50 bits per heavy atom. The first-order valence-corrected chi connectivity index (χ1v) is 4.51. The zero-order chi connectivity index (χ0) is 7.40. The van der Waals surface area contributed by atoms with Gasteiger partial charge in [-0.25, -0.2) is 0 Å². The van der Waals surface area contributed by atoms with Crippen LogP contribution in [0.2, 0.25) is 0 Å². The van der Waals surface area contributed by atoms with Gasteiger partial charge in [-0.1, -0.05) is 6.92 Å². The molecule has 0 spiro atoms. The fourth-order valence-electron chi connectivity index (χ4n) is 0.706. The fourth-order valence-corrected chi connectivity index (χ4v) is 1.44. The second-order valence-corrected chi connectivity index (χ2v) is 3.38. The fraction of sp³-hybridized carbons (Fsp3) is 0.500. The summed E-state index contributed by atoms with van der Waals surface area (Å²) in [6, 6.07) is 4.77. The van der Waals surface area contributed by atoms with Crippen LogP contribution in [0.25, 0.3) is 0 Å². The first-order valence-electron chi connectivity index (χ1n) is 3.63. The molecule has 1 heterocycles. The molecular weight excluding hydrogens is 142 g/mol. The zero-order valence-corrected chi connectivity index (χ0v) is 7.24. The van der Waals surface area contributed by atoms with E-state index in [-0.39, 0.29) is 0 Å². The van der Waals surface area contributed by atoms with E-state index in [9.17, 15) is 0 Å². The quantitative estimate of drug-likeness (QED) is 0.707. The third kappa shape index (κ3) is 2.03. The molecule has 0 saturated heterocycles. The second kappa shape index (κ2) is 3.62. The van der Waals surface area contributed by atoms with E-state index in [0.717, 1.165) is 0 Å². The van der Waals surface area contributed by atoms with Gasteiger partial charge < -0.3 is 5.32 Å². The van der Waals surface area contributed by atoms with Crippen molar-refractivity contribution in [3.05, 3.63) is 17.5 Å². The van der Waals surface area contributed by atoms with Crippen molar-refractivity contribution in [1.29, 1.82) is 0 Å². The molecule has 0 aromatic carbocycles. The molecule has 1 N–H and O–H groups in total. The number of thiophene rings is 1. The van der Waals surface area contributed by atoms with Crippen molar-refractivity contribution in [1.82, 2.24) is 0 Å². The summed E-state index contributed by atoms with van der Waals surface area (Å²) < 4.78 is 0. The van der Waals surface area contributed by atoms with Crippen molar-refractivity contribution in [3.63, 3.8) is 0 Å². The third-order valence-electron chi connectivity index (χ3n) is 1.52. The van der Waals surface area contributed by atoms with Crippen molar-refractivity contribution in [2.24, 2.45) is 0 Å². The lowest BCUT2D eigenvalue weighted by molar-refractivity contribution is 0.767. The van der Waals surface area contributed by atoms with E-state index in [1.807, 2.05) is 0 Å². The molecule has 0 radical (unpaired) electrons. The minimum Gasteiger partial charge on any atom is -0.374 e. The highest BCUT2D eigenvalue weighted by Gasteiger charge is 1.97. The molecule has 1 nitrogen and oxygen atoms in total. The molecule has 0 unspecified atom stereocenters. The van der Waals surface area contributed by atoms with Gasteiger partial charge in [0.2, 0.25) is 0 Å². The zero-order valence-electron chi connectivity index (χ0n) is 6.42. The highest BCUT2D eigenvalue weighted by atomic mass is 32.1. The summed E-state index contributed by atoms with van der Waals surface area (Å²) in [4.78, 5) is 0. The van der Waals surface area contributed by atoms with Crippen LogP contribution in [0.4, 0.5) is 5.00 Å². The van der Waals surface area contributed by atoms with E-state index in [1.54, 1.807) is 11.3 Å². The first kappa shape index (κ1) is 7.61. The minimum absolute atomic E-state index is 0.596. The Bertz CT molecular complexity index is 169. The monoisotopic (exact) mass is 155 g/mol. The van der Waals surface area contributed by atoms with Crippen LogP contribution in [0.1, 0.15) is 20.3 Å². The lowest BCUT2D eigenvalue weighted by Crippen LogP contribution is -2.11. The van der Waals surface area contributed by atoms with Gasteiger partial charge in [0.15, 0.2) is 0 Å². The molecule has 0 aliphatic heterocycles. The summed E-state index contributed by atoms with van der Waals surface area (Å²) >= 11 is 1.76. The standard InChI is InChI=1S/C8H13NS/c1-3-7(2)9-8-5-4-6-10-8/h4-7,9H,3H2,1-2H3/t7-/m1/s1. The molecule has 1 aromatic heterocycles. The third-order valence-corrected chi connectivity index (χ3v) is 2.32. The van der Waals surface area contributed by atoms with Gasteiger partial charge in [0.1, 0.15) is 0 Å². The highest BCUT2D eigenvalue weighted by Crippen LogP contribution is 2.16. The molecule has 1 aromatic rings. The van der Waals surface area contributed by atoms with Crippen molar-refractivity contribution >= 4 is 16.3 Å². The molecule has 0 bridgehead atoms. The summed E-state index contributed by atoms with van der Waals surface area (Å²) in [5.74, 6) is 0. The van der Waals surface area contributed by atoms with Gasteiger partial charge in [-0.15, -0.1) is 11.3 Å². The Labute approximate surface area is 66.1 Å². The van der Waals surface area contributed by atoms with E-state index in [1.165, 1.54) is 11.4 Å². The van der Waals surface area contributed by atoms with Gasteiger partial charge >= 0.3 is 0 Å². The van der Waals surface area contributed by atoms with Gasteiger partial charge in [-0.05, 0) is 30.9 Å². The van der Waals surface area contributed by atoms with Gasteiger partial charge in [-0.3, -0.25) is 0 Å². The molecule has 56 valence electrons. The molecule has 2 heteroatoms. The molecule has 1 atom stereocenters. The Hall–Kier alpha value is -0.500. The molecule has 10 heavy (non-hydrogen) atoms. The van der Waals surface area contributed by atoms with Crippen LogP contribution in [0.15, 0.2) is 17.5 Å². The maximum absolute atomic E-state index is 3.39. The average Bonchev–Trinajstić information content (AvgIpc) is 2.40. The Morgan fingerprint density at radius 3 is 3.00 bits per heavy atom. The highest BCUT2D eigenvalue weighted by molar-refractivity contribution is 7.14. The average molecular weight is 155 g/mol. The van der Waals surface area contributed by atoms with Crippen LogP contribution < -0.4 is 5.32 Å². The predicted molar refractivity (Wildman–Crippen MR) is 47.7 cm³/mol. The topological polar surface area (TPSA) is 12.0 Å². The van der Waals surface area contributed by atoms with Crippen molar-refractivity contribution < 1.29 is 0 Å². The van der Waals surface area contributed by atoms with Gasteiger partial charge in [0.05, 0.1) is 5.00 Å². The molecule has 0 aliphatic rings. The molecule has 0 fully saturated rings. The molecule has 0 saturated carbocycles. The minimum atomic E-state index is 0.596. The van der Waals surface area contributed by atoms with Gasteiger partial charge in [-0.2, -0.15) is 0 Å². The molecule has 1 rings (SSSR count).